The number of carboxylic acids is 4. The minimum Gasteiger partial charge on any atom is -0.481 e. The van der Waals surface area contributed by atoms with Crippen LogP contribution in [0.1, 0.15) is 64.0 Å². The summed E-state index contributed by atoms with van der Waals surface area (Å²) in [5.41, 5.74) is -1.52. The van der Waals surface area contributed by atoms with E-state index >= 15 is 0 Å². The highest BCUT2D eigenvalue weighted by Gasteiger charge is 2.28. The Morgan fingerprint density at radius 2 is 1.00 bits per heavy atom. The van der Waals surface area contributed by atoms with Crippen LogP contribution in [0, 0.1) is 0 Å². The predicted octanol–water partition coefficient (Wildman–Crippen LogP) is 3.23. The van der Waals surface area contributed by atoms with Crippen molar-refractivity contribution in [1.29, 1.82) is 0 Å². The quantitative estimate of drug-likeness (QED) is 0.378. The number of rotatable bonds is 8. The molecule has 9 heteroatoms. The van der Waals surface area contributed by atoms with Gasteiger partial charge in [-0.1, -0.05) is 42.5 Å². The van der Waals surface area contributed by atoms with Crippen LogP contribution >= 0.6 is 0 Å². The van der Waals surface area contributed by atoms with Gasteiger partial charge < -0.3 is 20.4 Å². The average molecular weight is 448 g/mol. The third kappa shape index (κ3) is 4.62. The lowest BCUT2D eigenvalue weighted by molar-refractivity contribution is -0.137. The van der Waals surface area contributed by atoms with Crippen molar-refractivity contribution in [2.24, 2.45) is 0 Å². The predicted molar refractivity (Wildman–Crippen MR) is 113 cm³/mol. The smallest absolute Gasteiger partial charge is 0.336 e. The summed E-state index contributed by atoms with van der Waals surface area (Å²) in [6.07, 6.45) is 0. The molecule has 3 aromatic rings. The van der Waals surface area contributed by atoms with E-state index in [1.165, 1.54) is 24.3 Å². The molecule has 0 saturated heterocycles. The summed E-state index contributed by atoms with van der Waals surface area (Å²) in [5.74, 6) is -7.96. The number of aromatic carboxylic acids is 3. The van der Waals surface area contributed by atoms with Gasteiger partial charge in [0.2, 0.25) is 0 Å². The monoisotopic (exact) mass is 448 g/mol. The van der Waals surface area contributed by atoms with Crippen molar-refractivity contribution in [3.63, 3.8) is 0 Å². The molecule has 0 aliphatic heterocycles. The minimum atomic E-state index is -1.56. The lowest BCUT2D eigenvalue weighted by Gasteiger charge is -2.17. The van der Waals surface area contributed by atoms with Gasteiger partial charge in [-0.3, -0.25) is 9.59 Å². The van der Waals surface area contributed by atoms with E-state index in [2.05, 4.69) is 0 Å². The summed E-state index contributed by atoms with van der Waals surface area (Å²) in [7, 11) is 0. The summed E-state index contributed by atoms with van der Waals surface area (Å²) in [5, 5.41) is 37.9. The highest BCUT2D eigenvalue weighted by Crippen LogP contribution is 2.30. The van der Waals surface area contributed by atoms with Crippen LogP contribution < -0.4 is 0 Å². The van der Waals surface area contributed by atoms with Gasteiger partial charge in [-0.15, -0.1) is 0 Å². The zero-order valence-corrected chi connectivity index (χ0v) is 16.8. The molecule has 166 valence electrons. The number of aliphatic carboxylic acids is 1. The molecular formula is C24H16O9. The van der Waals surface area contributed by atoms with Crippen LogP contribution in [0.4, 0.5) is 0 Å². The largest absolute Gasteiger partial charge is 0.481 e. The Labute approximate surface area is 186 Å². The molecule has 4 N–H and O–H groups in total. The SMILES string of the molecule is O=C(O)c1ccc(C(C(=O)O)c2ccc(C(=O)O)c(C(=O)c3ccccc3)c2)cc1C(=O)O. The van der Waals surface area contributed by atoms with Crippen LogP contribution in [-0.2, 0) is 4.79 Å². The van der Waals surface area contributed by atoms with Crippen molar-refractivity contribution in [2.45, 2.75) is 5.92 Å². The Bertz CT molecular complexity index is 1290. The maximum Gasteiger partial charge on any atom is 0.336 e. The fraction of sp³-hybridized carbons (Fsp3) is 0.0417. The van der Waals surface area contributed by atoms with E-state index in [9.17, 15) is 44.4 Å². The molecule has 3 rings (SSSR count). The lowest BCUT2D eigenvalue weighted by atomic mass is 9.86. The molecule has 3 aromatic carbocycles. The zero-order chi connectivity index (χ0) is 24.3. The zero-order valence-electron chi connectivity index (χ0n) is 16.8. The third-order valence-electron chi connectivity index (χ3n) is 4.97. The molecule has 0 heterocycles. The topological polar surface area (TPSA) is 166 Å². The van der Waals surface area contributed by atoms with Crippen LogP contribution in [0.2, 0.25) is 0 Å². The van der Waals surface area contributed by atoms with E-state index in [0.29, 0.717) is 0 Å². The molecule has 0 amide bonds. The summed E-state index contributed by atoms with van der Waals surface area (Å²) >= 11 is 0. The molecule has 33 heavy (non-hydrogen) atoms. The summed E-state index contributed by atoms with van der Waals surface area (Å²) < 4.78 is 0. The Balaban J connectivity index is 2.19. The standard InChI is InChI=1S/C24H16O9/c25-20(12-4-2-1-3-5-12)17-10-13(6-8-15(17)21(26)27)19(24(32)33)14-7-9-16(22(28)29)18(11-14)23(30)31/h1-11,19H,(H,26,27)(H,28,29)(H,30,31)(H,32,33). The van der Waals surface area contributed by atoms with Gasteiger partial charge in [0.15, 0.2) is 5.78 Å². The first kappa shape index (κ1) is 22.9. The highest BCUT2D eigenvalue weighted by molar-refractivity contribution is 6.14. The second kappa shape index (κ2) is 9.15. The first-order chi connectivity index (χ1) is 15.6. The van der Waals surface area contributed by atoms with Crippen LogP contribution in [-0.4, -0.2) is 50.1 Å². The van der Waals surface area contributed by atoms with Crippen LogP contribution in [0.5, 0.6) is 0 Å². The molecule has 0 saturated carbocycles. The fourth-order valence-corrected chi connectivity index (χ4v) is 3.44. The molecule has 0 radical (unpaired) electrons. The summed E-state index contributed by atoms with van der Waals surface area (Å²) in [6.45, 7) is 0. The van der Waals surface area contributed by atoms with E-state index in [0.717, 1.165) is 24.3 Å². The van der Waals surface area contributed by atoms with Crippen LogP contribution in [0.3, 0.4) is 0 Å². The molecule has 0 bridgehead atoms. The number of hydrogen-bond donors (Lipinski definition) is 4. The third-order valence-corrected chi connectivity index (χ3v) is 4.97. The Morgan fingerprint density at radius 1 is 0.545 bits per heavy atom. The van der Waals surface area contributed by atoms with Crippen LogP contribution in [0.25, 0.3) is 0 Å². The fourth-order valence-electron chi connectivity index (χ4n) is 3.44. The molecular weight excluding hydrogens is 432 g/mol. The van der Waals surface area contributed by atoms with Crippen molar-refractivity contribution in [3.05, 3.63) is 106 Å². The molecule has 0 aromatic heterocycles. The van der Waals surface area contributed by atoms with Crippen molar-refractivity contribution >= 4 is 29.7 Å². The van der Waals surface area contributed by atoms with Gasteiger partial charge >= 0.3 is 23.9 Å². The van der Waals surface area contributed by atoms with E-state index in [-0.39, 0.29) is 27.8 Å². The summed E-state index contributed by atoms with van der Waals surface area (Å²) in [4.78, 5) is 59.5. The Kier molecular flexibility index (Phi) is 6.34. The van der Waals surface area contributed by atoms with Crippen molar-refractivity contribution in [2.75, 3.05) is 0 Å². The number of carboxylic acid groups (broad SMARTS) is 4. The van der Waals surface area contributed by atoms with Crippen molar-refractivity contribution in [1.82, 2.24) is 0 Å². The average Bonchev–Trinajstić information content (AvgIpc) is 2.78. The van der Waals surface area contributed by atoms with E-state index in [1.54, 1.807) is 18.2 Å². The number of carbonyl (C=O) groups excluding carboxylic acids is 1. The maximum absolute atomic E-state index is 13.0. The maximum atomic E-state index is 13.0. The highest BCUT2D eigenvalue weighted by atomic mass is 16.4. The second-order valence-corrected chi connectivity index (χ2v) is 6.99. The number of hydrogen-bond acceptors (Lipinski definition) is 5. The van der Waals surface area contributed by atoms with Crippen molar-refractivity contribution < 1.29 is 44.4 Å². The lowest BCUT2D eigenvalue weighted by Crippen LogP contribution is -2.17. The Morgan fingerprint density at radius 3 is 1.45 bits per heavy atom. The molecule has 0 spiro atoms. The van der Waals surface area contributed by atoms with Gasteiger partial charge in [0.05, 0.1) is 16.7 Å². The molecule has 0 aliphatic rings. The molecule has 1 unspecified atom stereocenters. The number of ketones is 1. The second-order valence-electron chi connectivity index (χ2n) is 6.99. The van der Waals surface area contributed by atoms with Gasteiger partial charge in [0.1, 0.15) is 5.92 Å². The van der Waals surface area contributed by atoms with Gasteiger partial charge in [0.25, 0.3) is 0 Å². The first-order valence-electron chi connectivity index (χ1n) is 9.42. The molecule has 0 aliphatic carbocycles. The van der Waals surface area contributed by atoms with E-state index in [1.807, 2.05) is 0 Å². The number of carbonyl (C=O) groups is 5. The van der Waals surface area contributed by atoms with Gasteiger partial charge in [-0.25, -0.2) is 14.4 Å². The molecule has 1 atom stereocenters. The van der Waals surface area contributed by atoms with Crippen LogP contribution in [0.15, 0.2) is 66.7 Å². The summed E-state index contributed by atoms with van der Waals surface area (Å²) in [6, 6.07) is 14.4. The van der Waals surface area contributed by atoms with E-state index < -0.39 is 46.7 Å². The normalized spacial score (nSPS) is 11.4. The molecule has 9 nitrogen and oxygen atoms in total. The van der Waals surface area contributed by atoms with Gasteiger partial charge in [-0.2, -0.15) is 0 Å². The van der Waals surface area contributed by atoms with Crippen molar-refractivity contribution in [3.8, 4) is 0 Å². The van der Waals surface area contributed by atoms with Gasteiger partial charge in [-0.05, 0) is 35.4 Å². The molecule has 0 fully saturated rings. The Hall–Kier alpha value is -4.79. The first-order valence-corrected chi connectivity index (χ1v) is 9.42. The van der Waals surface area contributed by atoms with Gasteiger partial charge in [0, 0.05) is 11.1 Å². The number of benzene rings is 3. The minimum absolute atomic E-state index is 0.0196. The van der Waals surface area contributed by atoms with E-state index in [4.69, 9.17) is 0 Å².